The van der Waals surface area contributed by atoms with Gasteiger partial charge in [0.1, 0.15) is 250 Å². The minimum atomic E-state index is -3.33. The molecule has 0 aromatic heterocycles. The predicted octanol–water partition coefficient (Wildman–Crippen LogP) is -24.2. The first kappa shape index (κ1) is 121. The minimum absolute atomic E-state index is 0.815. The standard InChI is InChI=1S/C81H136N6O58/c1-20-44(105)56(117)59(120)75(129-20)126-17-30(104)63(45(106)27(9-88)82-21(2)96)138-73-42(86-25(6)100)55(116)64(35(15-94)134-73)140-77-62(123)68(52(113)37(137-77)18-127-78-69(58(119)50(111)34(14-93)133-78)143-71-40(84-23(4)98)53(114)47(108)31(11-90)130-71)142-79-70(144-72-41(85-24(5)99)54(115)48(109)32(12-91)131-72)61(122)65(36(16-95)135-79)139-74-43(87-26(7)101)66(141-76-60(121)57(118)49(110)33(13-92)132-76)51(112)38(136-74)19-128-81(80(124)125)8-28(102)39(83-22(3)97)67(145-81)46(107)29(103)10-89/h20,27-79,88-95,102-123H,8-19H2,1-7H3,(H,82,96)(H,83,97)(H,84,98)(H,85,99)(H,86,100)(H,87,101)(H,124,125)/t20-,27-,28-,29+,30+,31+,32+,33+,34+,35+,36+,37+,38+,39+,40+,41+,42+,43+,44+,45+,46+,47+,48+,49-,50+,51+,52+,53+,54+,55+,56+,57-,58-,59-,60+,61-,62-,63+,64+,65+,66+,67+,68-,69-,70-,71-,72-,73-,74-,75+,76-,77-,78-,79+,81+/m0/s1. The summed E-state index contributed by atoms with van der Waals surface area (Å²) in [5, 5.41) is 366. The predicted molar refractivity (Wildman–Crippen MR) is 450 cm³/mol. The van der Waals surface area contributed by atoms with Crippen molar-refractivity contribution in [2.45, 2.75) is 392 Å². The molecule has 6 amide bonds. The molecule has 10 rings (SSSR count). The summed E-state index contributed by atoms with van der Waals surface area (Å²) < 4.78 is 121. The fourth-order valence-corrected chi connectivity index (χ4v) is 18.3. The highest BCUT2D eigenvalue weighted by Gasteiger charge is 2.64. The molecule has 10 fully saturated rings. The summed E-state index contributed by atoms with van der Waals surface area (Å²) in [7, 11) is 0. The van der Waals surface area contributed by atoms with Crippen molar-refractivity contribution in [1.29, 1.82) is 0 Å². The Balaban J connectivity index is 1.08. The number of hydrogen-bond donors (Lipinski definition) is 37. The second-order valence-electron chi connectivity index (χ2n) is 36.5. The molecule has 838 valence electrons. The molecule has 10 aliphatic rings. The monoisotopic (exact) mass is 2120 g/mol. The Bertz CT molecular complexity index is 4090. The Kier molecular flexibility index (Phi) is 44.5. The number of aliphatic hydroxyl groups is 30. The van der Waals surface area contributed by atoms with Crippen LogP contribution in [0.2, 0.25) is 0 Å². The molecule has 55 atom stereocenters. The van der Waals surface area contributed by atoms with E-state index in [9.17, 15) is 192 Å². The van der Waals surface area contributed by atoms with Gasteiger partial charge in [0.2, 0.25) is 35.4 Å². The van der Waals surface area contributed by atoms with Gasteiger partial charge in [-0.15, -0.1) is 0 Å². The van der Waals surface area contributed by atoms with Crippen LogP contribution in [0.4, 0.5) is 0 Å². The van der Waals surface area contributed by atoms with E-state index in [1.54, 1.807) is 0 Å². The van der Waals surface area contributed by atoms with Gasteiger partial charge in [0.15, 0.2) is 56.6 Å². The summed E-state index contributed by atoms with van der Waals surface area (Å²) in [4.78, 5) is 91.5. The number of aliphatic hydroxyl groups excluding tert-OH is 30. The zero-order valence-corrected chi connectivity index (χ0v) is 78.5. The van der Waals surface area contributed by atoms with Gasteiger partial charge in [-0.25, -0.2) is 4.79 Å². The lowest BCUT2D eigenvalue weighted by atomic mass is 9.88. The van der Waals surface area contributed by atoms with Gasteiger partial charge in [-0.3, -0.25) is 28.8 Å². The van der Waals surface area contributed by atoms with Crippen LogP contribution in [-0.2, 0) is 128 Å². The summed E-state index contributed by atoms with van der Waals surface area (Å²) in [6.45, 7) is -7.28. The van der Waals surface area contributed by atoms with Crippen molar-refractivity contribution in [2.75, 3.05) is 72.7 Å². The van der Waals surface area contributed by atoms with Crippen molar-refractivity contribution >= 4 is 41.4 Å². The third-order valence-electron chi connectivity index (χ3n) is 26.0. The molecule has 64 heteroatoms. The van der Waals surface area contributed by atoms with Crippen molar-refractivity contribution in [3.05, 3.63) is 0 Å². The van der Waals surface area contributed by atoms with Crippen molar-refractivity contribution < 1.29 is 287 Å². The zero-order chi connectivity index (χ0) is 108. The molecule has 0 aromatic carbocycles. The number of carbonyl (C=O) groups is 7. The number of hydrogen-bond acceptors (Lipinski definition) is 57. The summed E-state index contributed by atoms with van der Waals surface area (Å²) in [6.07, 6.45) is -110. The van der Waals surface area contributed by atoms with Crippen LogP contribution in [0.15, 0.2) is 0 Å². The lowest BCUT2D eigenvalue weighted by Crippen LogP contribution is -2.71. The molecule has 10 saturated heterocycles. The smallest absolute Gasteiger partial charge is 0.364 e. The van der Waals surface area contributed by atoms with Crippen LogP contribution in [0.3, 0.4) is 0 Å². The molecule has 10 aliphatic heterocycles. The largest absolute Gasteiger partial charge is 0.477 e. The first-order valence-electron chi connectivity index (χ1n) is 46.0. The number of aliphatic carboxylic acids is 1. The van der Waals surface area contributed by atoms with Gasteiger partial charge >= 0.3 is 5.97 Å². The van der Waals surface area contributed by atoms with E-state index in [0.717, 1.165) is 41.5 Å². The second-order valence-corrected chi connectivity index (χ2v) is 36.5. The SMILES string of the molecule is CC(=O)N[C@H]1[C@H](O[C@@H]([C@H](O)[C@H](CO)NC(C)=O)[C@H](O)CO[C@@H]2O[C@@H](C)[C@@H](O)[C@@H](O)[C@@H]2O)O[C@H](CO)[C@@H](O[C@@H]2O[C@H](CO[C@H]3O[C@H](CO)[C@@H](O)[C@H](O)[C@@H]3O[C@@H]3O[C@H](CO)[C@@H](O)[C@H](O)[C@H]3NC(C)=O)[C@@H](O)[C@H](O[C@H]3O[C@H](CO)[C@@H](O[C@@H]4O[C@H](CO[C@]5(C(=O)O)C[C@H](O)[C@@H](NC(C)=O)[C@H]([C@H](O)[C@H](O)CO)O5)[C@@H](O)[C@H](O[C@@H]5O[C@H](CO)[C@H](O)[C@H](O)[C@H]5O)[C@H]4NC(C)=O)[C@H](O)[C@@H]3O[C@@H]3O[C@H](CO)[C@@H](O)[C@H](O)[C@H]3NC(C)=O)[C@@H]2O)[C@@H]1O. The fraction of sp³-hybridized carbons (Fsp3) is 0.914. The van der Waals surface area contributed by atoms with Crippen LogP contribution in [0, 0.1) is 0 Å². The average Bonchev–Trinajstić information content (AvgIpc) is 0.782. The molecule has 0 unspecified atom stereocenters. The Labute approximate surface area is 821 Å². The molecule has 37 N–H and O–H groups in total. The maximum atomic E-state index is 13.7. The van der Waals surface area contributed by atoms with Crippen LogP contribution in [0.1, 0.15) is 54.9 Å². The maximum Gasteiger partial charge on any atom is 0.364 e. The second kappa shape index (κ2) is 53.2. The van der Waals surface area contributed by atoms with E-state index in [0.29, 0.717) is 0 Å². The Morgan fingerprint density at radius 3 is 1.22 bits per heavy atom. The lowest BCUT2D eigenvalue weighted by Gasteiger charge is -2.52. The van der Waals surface area contributed by atoms with E-state index in [2.05, 4.69) is 31.9 Å². The molecular formula is C81H136N6O58. The molecule has 0 radical (unpaired) electrons. The van der Waals surface area contributed by atoms with E-state index < -0.39 is 457 Å². The normalized spacial score (nSPS) is 44.9. The number of carbonyl (C=O) groups excluding carboxylic acids is 6. The van der Waals surface area contributed by atoms with Crippen LogP contribution >= 0.6 is 0 Å². The number of carboxylic acid groups (broad SMARTS) is 1. The Morgan fingerprint density at radius 2 is 0.717 bits per heavy atom. The van der Waals surface area contributed by atoms with Crippen molar-refractivity contribution in [3.63, 3.8) is 0 Å². The summed E-state index contributed by atoms with van der Waals surface area (Å²) >= 11 is 0. The van der Waals surface area contributed by atoms with Crippen molar-refractivity contribution in [1.82, 2.24) is 31.9 Å². The molecule has 0 spiro atoms. The molecule has 64 nitrogen and oxygen atoms in total. The van der Waals surface area contributed by atoms with Crippen molar-refractivity contribution in [3.8, 4) is 0 Å². The first-order valence-corrected chi connectivity index (χ1v) is 46.0. The van der Waals surface area contributed by atoms with Crippen LogP contribution in [0.25, 0.3) is 0 Å². The molecule has 145 heavy (non-hydrogen) atoms. The van der Waals surface area contributed by atoms with E-state index in [1.807, 2.05) is 0 Å². The maximum absolute atomic E-state index is 13.7. The van der Waals surface area contributed by atoms with Gasteiger partial charge in [-0.05, 0) is 6.92 Å². The van der Waals surface area contributed by atoms with Crippen LogP contribution < -0.4 is 31.9 Å². The van der Waals surface area contributed by atoms with Crippen LogP contribution in [0.5, 0.6) is 0 Å². The molecule has 0 aromatic rings. The number of amides is 6. The third-order valence-corrected chi connectivity index (χ3v) is 26.0. The number of nitrogens with one attached hydrogen (secondary N) is 6. The van der Waals surface area contributed by atoms with E-state index in [1.165, 1.54) is 6.92 Å². The quantitative estimate of drug-likeness (QED) is 0.0270. The fourth-order valence-electron chi connectivity index (χ4n) is 18.3. The highest BCUT2D eigenvalue weighted by molar-refractivity contribution is 5.77. The zero-order valence-electron chi connectivity index (χ0n) is 78.5. The van der Waals surface area contributed by atoms with E-state index >= 15 is 0 Å². The molecule has 0 aliphatic carbocycles. The Morgan fingerprint density at radius 1 is 0.331 bits per heavy atom. The molecule has 0 saturated carbocycles. The highest BCUT2D eigenvalue weighted by atomic mass is 16.8. The number of ether oxygens (including phenoxy) is 20. The van der Waals surface area contributed by atoms with Gasteiger partial charge < -0.3 is 285 Å². The lowest BCUT2D eigenvalue weighted by molar-refractivity contribution is -0.405. The van der Waals surface area contributed by atoms with Gasteiger partial charge in [0, 0.05) is 48.0 Å². The topological polar surface area (TPSA) is 1000 Å². The van der Waals surface area contributed by atoms with Gasteiger partial charge in [-0.1, -0.05) is 0 Å². The number of rotatable bonds is 43. The average molecular weight is 2120 g/mol. The molecule has 0 bridgehead atoms. The van der Waals surface area contributed by atoms with E-state index in [-0.39, 0.29) is 0 Å². The van der Waals surface area contributed by atoms with Crippen LogP contribution in [-0.4, -0.2) is 609 Å². The van der Waals surface area contributed by atoms with E-state index in [4.69, 9.17) is 94.7 Å². The van der Waals surface area contributed by atoms with Crippen molar-refractivity contribution in [2.24, 2.45) is 0 Å². The van der Waals surface area contributed by atoms with Gasteiger partial charge in [0.25, 0.3) is 5.79 Å². The summed E-state index contributed by atoms with van der Waals surface area (Å²) in [5.41, 5.74) is 0. The third kappa shape index (κ3) is 28.1. The first-order chi connectivity index (χ1) is 68.3. The highest BCUT2D eigenvalue weighted by Crippen LogP contribution is 2.43. The molecular weight excluding hydrogens is 1980 g/mol. The minimum Gasteiger partial charge on any atom is -0.477 e. The number of carboxylic acids is 1. The van der Waals surface area contributed by atoms with Gasteiger partial charge in [-0.2, -0.15) is 0 Å². The van der Waals surface area contributed by atoms with Gasteiger partial charge in [0.05, 0.1) is 97.0 Å². The Hall–Kier alpha value is -5.71. The molecule has 10 heterocycles. The summed E-state index contributed by atoms with van der Waals surface area (Å²) in [6, 6.07) is -12.0. The summed E-state index contributed by atoms with van der Waals surface area (Å²) in [5.74, 6) is -11.6.